The molecule has 0 unspecified atom stereocenters. The molecule has 0 radical (unpaired) electrons. The Morgan fingerprint density at radius 3 is 2.55 bits per heavy atom. The molecule has 156 valence electrons. The third-order valence-electron chi connectivity index (χ3n) is 6.12. The van der Waals surface area contributed by atoms with E-state index in [1.807, 2.05) is 36.4 Å². The first-order chi connectivity index (χ1) is 13.9. The van der Waals surface area contributed by atoms with Gasteiger partial charge in [-0.25, -0.2) is 12.8 Å². The number of sulfonamides is 1. The van der Waals surface area contributed by atoms with Crippen LogP contribution in [-0.4, -0.2) is 32.5 Å². The summed E-state index contributed by atoms with van der Waals surface area (Å²) in [6.07, 6.45) is 2.63. The molecule has 0 aromatic heterocycles. The van der Waals surface area contributed by atoms with Crippen LogP contribution in [0.4, 0.5) is 4.39 Å². The Balaban J connectivity index is 1.55. The number of hydrogen-bond acceptors (Lipinski definition) is 4. The summed E-state index contributed by atoms with van der Waals surface area (Å²) in [6.45, 7) is 1.57. The number of halogens is 1. The van der Waals surface area contributed by atoms with Crippen molar-refractivity contribution in [3.63, 3.8) is 0 Å². The lowest BCUT2D eigenvalue weighted by atomic mass is 9.83. The Labute approximate surface area is 171 Å². The van der Waals surface area contributed by atoms with E-state index in [1.54, 1.807) is 6.07 Å². The first kappa shape index (κ1) is 20.5. The largest absolute Gasteiger partial charge is 0.381 e. The van der Waals surface area contributed by atoms with Crippen LogP contribution in [0.1, 0.15) is 47.6 Å². The van der Waals surface area contributed by atoms with Crippen molar-refractivity contribution < 1.29 is 17.5 Å². The highest BCUT2D eigenvalue weighted by Gasteiger charge is 2.37. The SMILES string of the molecule is NC1(c2ccc(CN3CCC[C@H](c4ccccc4)S3(=O)=O)c(F)c2)CCOCC1. The summed E-state index contributed by atoms with van der Waals surface area (Å²) in [5, 5.41) is -0.575. The van der Waals surface area contributed by atoms with E-state index in [0.717, 1.165) is 17.5 Å². The van der Waals surface area contributed by atoms with E-state index in [4.69, 9.17) is 10.5 Å². The molecule has 5 nitrogen and oxygen atoms in total. The second kappa shape index (κ2) is 8.14. The van der Waals surface area contributed by atoms with Crippen LogP contribution >= 0.6 is 0 Å². The van der Waals surface area contributed by atoms with Gasteiger partial charge in [-0.3, -0.25) is 0 Å². The van der Waals surface area contributed by atoms with Crippen LogP contribution < -0.4 is 5.73 Å². The highest BCUT2D eigenvalue weighted by Crippen LogP contribution is 2.36. The predicted molar refractivity (Wildman–Crippen MR) is 110 cm³/mol. The average molecular weight is 419 g/mol. The van der Waals surface area contributed by atoms with Crippen LogP contribution in [0, 0.1) is 5.82 Å². The second-order valence-corrected chi connectivity index (χ2v) is 10.1. The smallest absolute Gasteiger partial charge is 0.221 e. The lowest BCUT2D eigenvalue weighted by Crippen LogP contribution is -2.42. The van der Waals surface area contributed by atoms with Crippen molar-refractivity contribution in [2.24, 2.45) is 5.73 Å². The van der Waals surface area contributed by atoms with E-state index in [1.165, 1.54) is 10.4 Å². The van der Waals surface area contributed by atoms with Crippen molar-refractivity contribution in [3.8, 4) is 0 Å². The van der Waals surface area contributed by atoms with Crippen LogP contribution in [0.25, 0.3) is 0 Å². The van der Waals surface area contributed by atoms with Gasteiger partial charge in [-0.05, 0) is 42.9 Å². The number of hydrogen-bond donors (Lipinski definition) is 1. The molecule has 0 aliphatic carbocycles. The molecule has 0 bridgehead atoms. The topological polar surface area (TPSA) is 72.6 Å². The quantitative estimate of drug-likeness (QED) is 0.825. The van der Waals surface area contributed by atoms with Crippen molar-refractivity contribution in [1.29, 1.82) is 0 Å². The Morgan fingerprint density at radius 2 is 1.86 bits per heavy atom. The molecule has 2 saturated heterocycles. The van der Waals surface area contributed by atoms with Crippen LogP contribution in [-0.2, 0) is 26.8 Å². The van der Waals surface area contributed by atoms with Gasteiger partial charge >= 0.3 is 0 Å². The minimum Gasteiger partial charge on any atom is -0.381 e. The van der Waals surface area contributed by atoms with E-state index >= 15 is 0 Å². The van der Waals surface area contributed by atoms with Crippen molar-refractivity contribution in [3.05, 3.63) is 71.0 Å². The zero-order chi connectivity index (χ0) is 20.5. The lowest BCUT2D eigenvalue weighted by molar-refractivity contribution is 0.0521. The Morgan fingerprint density at radius 1 is 1.14 bits per heavy atom. The molecule has 4 rings (SSSR count). The molecule has 2 fully saturated rings. The summed E-state index contributed by atoms with van der Waals surface area (Å²) in [5.41, 5.74) is 7.77. The number of benzene rings is 2. The van der Waals surface area contributed by atoms with Gasteiger partial charge in [0.15, 0.2) is 0 Å². The monoisotopic (exact) mass is 418 g/mol. The molecular weight excluding hydrogens is 391 g/mol. The van der Waals surface area contributed by atoms with Crippen molar-refractivity contribution >= 4 is 10.0 Å². The van der Waals surface area contributed by atoms with Gasteiger partial charge in [0.25, 0.3) is 0 Å². The van der Waals surface area contributed by atoms with Gasteiger partial charge in [-0.15, -0.1) is 0 Å². The van der Waals surface area contributed by atoms with Crippen molar-refractivity contribution in [2.75, 3.05) is 19.8 Å². The maximum atomic E-state index is 14.9. The summed E-state index contributed by atoms with van der Waals surface area (Å²) >= 11 is 0. The lowest BCUT2D eigenvalue weighted by Gasteiger charge is -2.34. The molecule has 0 spiro atoms. The first-order valence-corrected chi connectivity index (χ1v) is 11.6. The van der Waals surface area contributed by atoms with Gasteiger partial charge in [-0.1, -0.05) is 42.5 Å². The zero-order valence-electron chi connectivity index (χ0n) is 16.4. The molecule has 7 heteroatoms. The van der Waals surface area contributed by atoms with Crippen molar-refractivity contribution in [1.82, 2.24) is 4.31 Å². The highest BCUT2D eigenvalue weighted by molar-refractivity contribution is 7.89. The Kier molecular flexibility index (Phi) is 5.75. The van der Waals surface area contributed by atoms with Gasteiger partial charge in [0, 0.05) is 37.4 Å². The molecule has 2 aliphatic heterocycles. The zero-order valence-corrected chi connectivity index (χ0v) is 17.2. The van der Waals surface area contributed by atoms with Gasteiger partial charge < -0.3 is 10.5 Å². The van der Waals surface area contributed by atoms with E-state index in [0.29, 0.717) is 44.6 Å². The maximum absolute atomic E-state index is 14.9. The van der Waals surface area contributed by atoms with Gasteiger partial charge in [0.2, 0.25) is 10.0 Å². The van der Waals surface area contributed by atoms with Crippen molar-refractivity contribution in [2.45, 2.75) is 43.0 Å². The van der Waals surface area contributed by atoms with Gasteiger partial charge in [0.1, 0.15) is 11.1 Å². The minimum absolute atomic E-state index is 0.0401. The van der Waals surface area contributed by atoms with E-state index in [9.17, 15) is 12.8 Å². The Bertz CT molecular complexity index is 959. The number of rotatable bonds is 4. The summed E-state index contributed by atoms with van der Waals surface area (Å²) in [6, 6.07) is 14.2. The third-order valence-corrected chi connectivity index (χ3v) is 8.38. The summed E-state index contributed by atoms with van der Waals surface area (Å²) in [7, 11) is -3.55. The van der Waals surface area contributed by atoms with Crippen LogP contribution in [0.2, 0.25) is 0 Å². The molecular formula is C22H27FN2O3S. The molecule has 2 N–H and O–H groups in total. The molecule has 0 amide bonds. The summed E-state index contributed by atoms with van der Waals surface area (Å²) in [5.74, 6) is -0.407. The molecule has 2 aromatic carbocycles. The molecule has 29 heavy (non-hydrogen) atoms. The fourth-order valence-corrected chi connectivity index (χ4v) is 6.31. The highest BCUT2D eigenvalue weighted by atomic mass is 32.2. The summed E-state index contributed by atoms with van der Waals surface area (Å²) in [4.78, 5) is 0. The number of nitrogens with zero attached hydrogens (tertiary/aromatic N) is 1. The summed E-state index contributed by atoms with van der Waals surface area (Å²) < 4.78 is 48.0. The van der Waals surface area contributed by atoms with Crippen LogP contribution in [0.5, 0.6) is 0 Å². The maximum Gasteiger partial charge on any atom is 0.221 e. The molecule has 2 aromatic rings. The first-order valence-electron chi connectivity index (χ1n) is 10.1. The fraction of sp³-hybridized carbons (Fsp3) is 0.455. The van der Waals surface area contributed by atoms with E-state index in [2.05, 4.69) is 0 Å². The third kappa shape index (κ3) is 4.10. The normalized spacial score (nSPS) is 24.3. The van der Waals surface area contributed by atoms with E-state index < -0.39 is 26.6 Å². The fourth-order valence-electron chi connectivity index (χ4n) is 4.28. The molecule has 0 saturated carbocycles. The Hall–Kier alpha value is -1.80. The van der Waals surface area contributed by atoms with Gasteiger partial charge in [0.05, 0.1) is 0 Å². The number of ether oxygens (including phenoxy) is 1. The minimum atomic E-state index is -3.55. The van der Waals surface area contributed by atoms with E-state index in [-0.39, 0.29) is 6.54 Å². The van der Waals surface area contributed by atoms with Gasteiger partial charge in [-0.2, -0.15) is 4.31 Å². The number of nitrogens with two attached hydrogens (primary N) is 1. The van der Waals surface area contributed by atoms with Crippen LogP contribution in [0.15, 0.2) is 48.5 Å². The van der Waals surface area contributed by atoms with Crippen LogP contribution in [0.3, 0.4) is 0 Å². The predicted octanol–water partition coefficient (Wildman–Crippen LogP) is 3.46. The molecule has 1 atom stereocenters. The molecule has 2 aliphatic rings. The molecule has 2 heterocycles. The second-order valence-electron chi connectivity index (χ2n) is 7.99. The average Bonchev–Trinajstić information content (AvgIpc) is 2.72. The standard InChI is InChI=1S/C22H27FN2O3S/c23-20-15-19(22(24)10-13-28-14-11-22)9-8-18(20)16-25-12-4-7-21(29(25,26)27)17-5-2-1-3-6-17/h1-3,5-6,8-9,15,21H,4,7,10-14,16,24H2/t21-/m1/s1.